The second kappa shape index (κ2) is 9.53. The van der Waals surface area contributed by atoms with E-state index in [2.05, 4.69) is 10.3 Å². The fraction of sp³-hybridized carbons (Fsp3) is 0.318. The van der Waals surface area contributed by atoms with Crippen molar-refractivity contribution in [2.24, 2.45) is 5.92 Å². The first-order valence-electron chi connectivity index (χ1n) is 9.56. The van der Waals surface area contributed by atoms with Crippen molar-refractivity contribution in [2.45, 2.75) is 32.5 Å². The lowest BCUT2D eigenvalue weighted by Gasteiger charge is -2.15. The standard InChI is InChI=1S/C22H24ClN3O3S/c1-13(2)11-26-21(28)16-7-6-15(23)10-17(16)25-22(26)30-12-20(27)24-18-9-14(3)5-8-19(18)29-4/h5-10,13H,11-12H2,1-4H3,(H,24,27). The van der Waals surface area contributed by atoms with Gasteiger partial charge in [-0.2, -0.15) is 0 Å². The minimum absolute atomic E-state index is 0.105. The highest BCUT2D eigenvalue weighted by atomic mass is 35.5. The molecule has 8 heteroatoms. The molecule has 3 aromatic rings. The summed E-state index contributed by atoms with van der Waals surface area (Å²) >= 11 is 7.30. The van der Waals surface area contributed by atoms with Crippen LogP contribution in [-0.2, 0) is 11.3 Å². The van der Waals surface area contributed by atoms with Crippen LogP contribution in [0.15, 0.2) is 46.3 Å². The van der Waals surface area contributed by atoms with E-state index in [9.17, 15) is 9.59 Å². The van der Waals surface area contributed by atoms with Crippen LogP contribution in [0.3, 0.4) is 0 Å². The predicted octanol–water partition coefficient (Wildman–Crippen LogP) is 4.75. The van der Waals surface area contributed by atoms with Crippen LogP contribution in [0.25, 0.3) is 10.9 Å². The molecule has 158 valence electrons. The summed E-state index contributed by atoms with van der Waals surface area (Å²) in [6.07, 6.45) is 0. The molecule has 0 atom stereocenters. The van der Waals surface area contributed by atoms with E-state index in [-0.39, 0.29) is 23.1 Å². The third-order valence-corrected chi connectivity index (χ3v) is 5.60. The van der Waals surface area contributed by atoms with Crippen LogP contribution in [0.2, 0.25) is 5.02 Å². The van der Waals surface area contributed by atoms with Gasteiger partial charge in [-0.3, -0.25) is 14.2 Å². The number of methoxy groups -OCH3 is 1. The van der Waals surface area contributed by atoms with Gasteiger partial charge in [-0.25, -0.2) is 4.98 Å². The monoisotopic (exact) mass is 445 g/mol. The van der Waals surface area contributed by atoms with Crippen molar-refractivity contribution in [3.05, 3.63) is 57.3 Å². The van der Waals surface area contributed by atoms with Gasteiger partial charge in [0.25, 0.3) is 5.56 Å². The maximum Gasteiger partial charge on any atom is 0.262 e. The molecule has 1 heterocycles. The largest absolute Gasteiger partial charge is 0.495 e. The number of anilines is 1. The number of fused-ring (bicyclic) bond motifs is 1. The molecule has 0 aliphatic heterocycles. The van der Waals surface area contributed by atoms with Crippen LogP contribution < -0.4 is 15.6 Å². The normalized spacial score (nSPS) is 11.1. The van der Waals surface area contributed by atoms with Gasteiger partial charge in [-0.15, -0.1) is 0 Å². The fourth-order valence-electron chi connectivity index (χ4n) is 3.05. The number of hydrogen-bond donors (Lipinski definition) is 1. The number of ether oxygens (including phenoxy) is 1. The Morgan fingerprint density at radius 2 is 2.03 bits per heavy atom. The lowest BCUT2D eigenvalue weighted by Crippen LogP contribution is -2.26. The molecule has 0 saturated heterocycles. The van der Waals surface area contributed by atoms with Crippen LogP contribution in [0, 0.1) is 12.8 Å². The predicted molar refractivity (Wildman–Crippen MR) is 123 cm³/mol. The van der Waals surface area contributed by atoms with Gasteiger partial charge < -0.3 is 10.1 Å². The number of halogens is 1. The van der Waals surface area contributed by atoms with E-state index in [4.69, 9.17) is 16.3 Å². The van der Waals surface area contributed by atoms with Gasteiger partial charge in [0.05, 0.1) is 29.5 Å². The SMILES string of the molecule is COc1ccc(C)cc1NC(=O)CSc1nc2cc(Cl)ccc2c(=O)n1CC(C)C. The van der Waals surface area contributed by atoms with Crippen molar-refractivity contribution in [1.82, 2.24) is 9.55 Å². The zero-order valence-electron chi connectivity index (χ0n) is 17.4. The van der Waals surface area contributed by atoms with E-state index < -0.39 is 0 Å². The summed E-state index contributed by atoms with van der Waals surface area (Å²) in [5.41, 5.74) is 2.02. The van der Waals surface area contributed by atoms with Crippen LogP contribution >= 0.6 is 23.4 Å². The molecular formula is C22H24ClN3O3S. The second-order valence-electron chi connectivity index (χ2n) is 7.41. The number of aromatic nitrogens is 2. The average molecular weight is 446 g/mol. The Kier molecular flexibility index (Phi) is 7.05. The Bertz CT molecular complexity index is 1140. The fourth-order valence-corrected chi connectivity index (χ4v) is 4.02. The topological polar surface area (TPSA) is 73.2 Å². The molecule has 1 aromatic heterocycles. The van der Waals surface area contributed by atoms with Gasteiger partial charge in [-0.05, 0) is 48.7 Å². The molecule has 30 heavy (non-hydrogen) atoms. The highest BCUT2D eigenvalue weighted by Crippen LogP contribution is 2.26. The molecule has 1 amide bonds. The first kappa shape index (κ1) is 22.2. The first-order chi connectivity index (χ1) is 14.3. The smallest absolute Gasteiger partial charge is 0.262 e. The summed E-state index contributed by atoms with van der Waals surface area (Å²) in [5, 5.41) is 4.39. The number of carbonyl (C=O) groups excluding carboxylic acids is 1. The molecule has 0 aliphatic rings. The molecule has 6 nitrogen and oxygen atoms in total. The van der Waals surface area contributed by atoms with E-state index in [1.807, 2.05) is 39.0 Å². The van der Waals surface area contributed by atoms with Gasteiger partial charge in [0.1, 0.15) is 5.75 Å². The maximum absolute atomic E-state index is 13.0. The van der Waals surface area contributed by atoms with Crippen molar-refractivity contribution in [3.63, 3.8) is 0 Å². The van der Waals surface area contributed by atoms with Crippen molar-refractivity contribution < 1.29 is 9.53 Å². The molecule has 0 spiro atoms. The number of aryl methyl sites for hydroxylation is 1. The minimum Gasteiger partial charge on any atom is -0.495 e. The zero-order chi connectivity index (χ0) is 21.8. The summed E-state index contributed by atoms with van der Waals surface area (Å²) < 4.78 is 6.94. The Balaban J connectivity index is 1.86. The van der Waals surface area contributed by atoms with Crippen LogP contribution in [-0.4, -0.2) is 28.3 Å². The van der Waals surface area contributed by atoms with Crippen LogP contribution in [0.4, 0.5) is 5.69 Å². The lowest BCUT2D eigenvalue weighted by atomic mass is 10.2. The highest BCUT2D eigenvalue weighted by molar-refractivity contribution is 7.99. The van der Waals surface area contributed by atoms with Crippen molar-refractivity contribution in [2.75, 3.05) is 18.2 Å². The summed E-state index contributed by atoms with van der Waals surface area (Å²) in [5.74, 6) is 0.738. The van der Waals surface area contributed by atoms with E-state index >= 15 is 0 Å². The molecule has 0 aliphatic carbocycles. The minimum atomic E-state index is -0.208. The van der Waals surface area contributed by atoms with E-state index in [1.54, 1.807) is 29.9 Å². The molecule has 0 unspecified atom stereocenters. The third-order valence-electron chi connectivity index (χ3n) is 4.39. The zero-order valence-corrected chi connectivity index (χ0v) is 18.9. The molecular weight excluding hydrogens is 422 g/mol. The summed E-state index contributed by atoms with van der Waals surface area (Å²) in [6.45, 7) is 6.52. The van der Waals surface area contributed by atoms with Crippen molar-refractivity contribution >= 4 is 45.9 Å². The summed E-state index contributed by atoms with van der Waals surface area (Å²) in [4.78, 5) is 30.2. The average Bonchev–Trinajstić information content (AvgIpc) is 2.68. The quantitative estimate of drug-likeness (QED) is 0.419. The number of hydrogen-bond acceptors (Lipinski definition) is 5. The third kappa shape index (κ3) is 5.15. The molecule has 0 radical (unpaired) electrons. The number of carbonyl (C=O) groups is 1. The van der Waals surface area contributed by atoms with Gasteiger partial charge in [0.15, 0.2) is 5.16 Å². The van der Waals surface area contributed by atoms with Crippen LogP contribution in [0.1, 0.15) is 19.4 Å². The first-order valence-corrected chi connectivity index (χ1v) is 10.9. The van der Waals surface area contributed by atoms with Gasteiger partial charge in [0, 0.05) is 11.6 Å². The Labute approximate surface area is 184 Å². The van der Waals surface area contributed by atoms with E-state index in [1.165, 1.54) is 11.8 Å². The Hall–Kier alpha value is -2.51. The Morgan fingerprint density at radius 1 is 1.27 bits per heavy atom. The second-order valence-corrected chi connectivity index (χ2v) is 8.78. The van der Waals surface area contributed by atoms with Crippen molar-refractivity contribution in [1.29, 1.82) is 0 Å². The van der Waals surface area contributed by atoms with Crippen LogP contribution in [0.5, 0.6) is 5.75 Å². The van der Waals surface area contributed by atoms with E-state index in [0.29, 0.717) is 39.1 Å². The molecule has 1 N–H and O–H groups in total. The van der Waals surface area contributed by atoms with Gasteiger partial charge >= 0.3 is 0 Å². The number of nitrogens with one attached hydrogen (secondary N) is 1. The highest BCUT2D eigenvalue weighted by Gasteiger charge is 2.15. The molecule has 0 fully saturated rings. The molecule has 0 bridgehead atoms. The number of thioether (sulfide) groups is 1. The lowest BCUT2D eigenvalue weighted by molar-refractivity contribution is -0.113. The molecule has 2 aromatic carbocycles. The number of amides is 1. The number of benzene rings is 2. The van der Waals surface area contributed by atoms with Gasteiger partial charge in [0.2, 0.25) is 5.91 Å². The number of rotatable bonds is 7. The van der Waals surface area contributed by atoms with E-state index in [0.717, 1.165) is 5.56 Å². The maximum atomic E-state index is 13.0. The summed E-state index contributed by atoms with van der Waals surface area (Å²) in [6, 6.07) is 10.6. The van der Waals surface area contributed by atoms with Gasteiger partial charge in [-0.1, -0.05) is 43.3 Å². The Morgan fingerprint density at radius 3 is 2.73 bits per heavy atom. The summed E-state index contributed by atoms with van der Waals surface area (Å²) in [7, 11) is 1.56. The molecule has 3 rings (SSSR count). The number of nitrogens with zero attached hydrogens (tertiary/aromatic N) is 2. The van der Waals surface area contributed by atoms with Crippen molar-refractivity contribution in [3.8, 4) is 5.75 Å². The molecule has 0 saturated carbocycles.